The number of non-ortho nitro benzene ring substituents is 1. The maximum Gasteiger partial charge on any atom is 0.278 e. The molecule has 9 nitrogen and oxygen atoms in total. The van der Waals surface area contributed by atoms with Crippen LogP contribution in [-0.2, 0) is 4.79 Å². The van der Waals surface area contributed by atoms with Gasteiger partial charge in [-0.05, 0) is 49.7 Å². The third-order valence-electron chi connectivity index (χ3n) is 4.45. The van der Waals surface area contributed by atoms with Gasteiger partial charge in [0.1, 0.15) is 0 Å². The van der Waals surface area contributed by atoms with Crippen molar-refractivity contribution in [2.75, 3.05) is 16.2 Å². The maximum absolute atomic E-state index is 13.0. The fourth-order valence-electron chi connectivity index (χ4n) is 2.68. The minimum absolute atomic E-state index is 0.0400. The lowest BCUT2D eigenvalue weighted by Crippen LogP contribution is -2.30. The lowest BCUT2D eigenvalue weighted by atomic mass is 10.2. The smallest absolute Gasteiger partial charge is 0.278 e. The van der Waals surface area contributed by atoms with Crippen LogP contribution in [0.4, 0.5) is 22.7 Å². The summed E-state index contributed by atoms with van der Waals surface area (Å²) in [7, 11) is 0. The van der Waals surface area contributed by atoms with Crippen molar-refractivity contribution in [3.63, 3.8) is 0 Å². The van der Waals surface area contributed by atoms with E-state index in [0.717, 1.165) is 11.3 Å². The SMILES string of the molecule is CC(=NNc1ccccc1)C(=NNc1ccc([N+](=O)[O-])cc1)C(=O)Nc1ccccc1C. The molecule has 3 aromatic carbocycles. The number of hydrogen-bond acceptors (Lipinski definition) is 7. The third-order valence-corrected chi connectivity index (χ3v) is 4.45. The lowest BCUT2D eigenvalue weighted by Gasteiger charge is -2.11. The molecule has 162 valence electrons. The molecule has 0 radical (unpaired) electrons. The first-order valence-electron chi connectivity index (χ1n) is 9.75. The zero-order valence-corrected chi connectivity index (χ0v) is 17.6. The Balaban J connectivity index is 1.85. The quantitative estimate of drug-likeness (QED) is 0.269. The number of anilines is 3. The molecule has 9 heteroatoms. The largest absolute Gasteiger partial charge is 0.320 e. The Kier molecular flexibility index (Phi) is 7.26. The Morgan fingerprint density at radius 3 is 2.09 bits per heavy atom. The summed E-state index contributed by atoms with van der Waals surface area (Å²) in [6, 6.07) is 22.4. The fourth-order valence-corrected chi connectivity index (χ4v) is 2.68. The average molecular weight is 430 g/mol. The molecule has 0 atom stereocenters. The Bertz CT molecular complexity index is 1160. The molecule has 0 saturated carbocycles. The second-order valence-corrected chi connectivity index (χ2v) is 6.82. The van der Waals surface area contributed by atoms with Crippen LogP contribution in [0.5, 0.6) is 0 Å². The molecule has 3 rings (SSSR count). The van der Waals surface area contributed by atoms with E-state index in [-0.39, 0.29) is 11.4 Å². The van der Waals surface area contributed by atoms with Gasteiger partial charge in [-0.15, -0.1) is 0 Å². The predicted octanol–water partition coefficient (Wildman–Crippen LogP) is 4.80. The predicted molar refractivity (Wildman–Crippen MR) is 127 cm³/mol. The lowest BCUT2D eigenvalue weighted by molar-refractivity contribution is -0.384. The number of benzene rings is 3. The van der Waals surface area contributed by atoms with Gasteiger partial charge in [0.25, 0.3) is 11.6 Å². The van der Waals surface area contributed by atoms with Crippen LogP contribution < -0.4 is 16.2 Å². The number of nitro groups is 1. The first kappa shape index (κ1) is 22.2. The summed E-state index contributed by atoms with van der Waals surface area (Å²) in [4.78, 5) is 23.3. The number of rotatable bonds is 8. The van der Waals surface area contributed by atoms with Gasteiger partial charge in [-0.3, -0.25) is 25.8 Å². The molecule has 1 amide bonds. The zero-order chi connectivity index (χ0) is 22.9. The second-order valence-electron chi connectivity index (χ2n) is 6.82. The number of amides is 1. The summed E-state index contributed by atoms with van der Waals surface area (Å²) in [5, 5.41) is 22.2. The van der Waals surface area contributed by atoms with Gasteiger partial charge in [0, 0.05) is 17.8 Å². The van der Waals surface area contributed by atoms with Crippen LogP contribution in [0.2, 0.25) is 0 Å². The van der Waals surface area contributed by atoms with Crippen molar-refractivity contribution in [3.8, 4) is 0 Å². The summed E-state index contributed by atoms with van der Waals surface area (Å²) < 4.78 is 0. The van der Waals surface area contributed by atoms with E-state index >= 15 is 0 Å². The molecule has 0 saturated heterocycles. The number of nitrogens with zero attached hydrogens (tertiary/aromatic N) is 3. The molecule has 32 heavy (non-hydrogen) atoms. The van der Waals surface area contributed by atoms with E-state index in [0.29, 0.717) is 17.1 Å². The van der Waals surface area contributed by atoms with E-state index in [4.69, 9.17) is 0 Å². The van der Waals surface area contributed by atoms with E-state index in [1.807, 2.05) is 55.5 Å². The van der Waals surface area contributed by atoms with Crippen LogP contribution in [0.25, 0.3) is 0 Å². The van der Waals surface area contributed by atoms with Gasteiger partial charge in [0.15, 0.2) is 5.71 Å². The molecule has 0 aromatic heterocycles. The summed E-state index contributed by atoms with van der Waals surface area (Å²) in [5.41, 5.74) is 8.82. The monoisotopic (exact) mass is 430 g/mol. The zero-order valence-electron chi connectivity index (χ0n) is 17.6. The van der Waals surface area contributed by atoms with Crippen molar-refractivity contribution in [3.05, 3.63) is 94.5 Å². The van der Waals surface area contributed by atoms with Crippen molar-refractivity contribution in [2.45, 2.75) is 13.8 Å². The van der Waals surface area contributed by atoms with Crippen LogP contribution in [0.15, 0.2) is 89.1 Å². The highest BCUT2D eigenvalue weighted by Gasteiger charge is 2.17. The van der Waals surface area contributed by atoms with Gasteiger partial charge in [0.05, 0.1) is 22.0 Å². The highest BCUT2D eigenvalue weighted by Crippen LogP contribution is 2.16. The average Bonchev–Trinajstić information content (AvgIpc) is 2.80. The fraction of sp³-hybridized carbons (Fsp3) is 0.0870. The number of nitro benzene ring substituents is 1. The van der Waals surface area contributed by atoms with Gasteiger partial charge in [-0.1, -0.05) is 36.4 Å². The molecule has 0 bridgehead atoms. The minimum Gasteiger partial charge on any atom is -0.320 e. The topological polar surface area (TPSA) is 121 Å². The molecule has 0 aliphatic carbocycles. The van der Waals surface area contributed by atoms with Crippen molar-refractivity contribution in [2.24, 2.45) is 10.2 Å². The molecule has 0 aliphatic rings. The third kappa shape index (κ3) is 5.99. The Morgan fingerprint density at radius 2 is 1.44 bits per heavy atom. The number of carbonyl (C=O) groups is 1. The molecule has 0 heterocycles. The number of carbonyl (C=O) groups excluding carboxylic acids is 1. The molecular weight excluding hydrogens is 408 g/mol. The maximum atomic E-state index is 13.0. The van der Waals surface area contributed by atoms with Crippen molar-refractivity contribution in [1.82, 2.24) is 0 Å². The van der Waals surface area contributed by atoms with Gasteiger partial charge < -0.3 is 5.32 Å². The van der Waals surface area contributed by atoms with E-state index in [1.165, 1.54) is 24.3 Å². The molecule has 3 aromatic rings. The van der Waals surface area contributed by atoms with Crippen molar-refractivity contribution in [1.29, 1.82) is 0 Å². The normalized spacial score (nSPS) is 11.6. The summed E-state index contributed by atoms with van der Waals surface area (Å²) >= 11 is 0. The van der Waals surface area contributed by atoms with E-state index in [2.05, 4.69) is 26.4 Å². The van der Waals surface area contributed by atoms with Crippen LogP contribution in [0, 0.1) is 17.0 Å². The summed E-state index contributed by atoms with van der Waals surface area (Å²) in [6.07, 6.45) is 0. The van der Waals surface area contributed by atoms with Crippen molar-refractivity contribution >= 4 is 40.1 Å². The Morgan fingerprint density at radius 1 is 0.844 bits per heavy atom. The van der Waals surface area contributed by atoms with Crippen molar-refractivity contribution < 1.29 is 9.72 Å². The number of hydrazone groups is 2. The Labute approximate surface area is 185 Å². The molecule has 0 aliphatic heterocycles. The molecule has 0 unspecified atom stereocenters. The summed E-state index contributed by atoms with van der Waals surface area (Å²) in [6.45, 7) is 3.54. The molecular formula is C23H22N6O3. The highest BCUT2D eigenvalue weighted by atomic mass is 16.6. The molecule has 0 spiro atoms. The first-order chi connectivity index (χ1) is 15.4. The number of hydrogen-bond donors (Lipinski definition) is 3. The molecule has 0 fully saturated rings. The van der Waals surface area contributed by atoms with E-state index in [9.17, 15) is 14.9 Å². The van der Waals surface area contributed by atoms with Gasteiger partial charge in [0.2, 0.25) is 0 Å². The Hall–Kier alpha value is -4.53. The minimum atomic E-state index is -0.486. The molecule has 3 N–H and O–H groups in total. The van der Waals surface area contributed by atoms with E-state index in [1.54, 1.807) is 13.0 Å². The van der Waals surface area contributed by atoms with Crippen LogP contribution in [-0.4, -0.2) is 22.3 Å². The number of para-hydroxylation sites is 2. The second kappa shape index (κ2) is 10.5. The van der Waals surface area contributed by atoms with Gasteiger partial charge >= 0.3 is 0 Å². The standard InChI is InChI=1S/C23H22N6O3/c1-16-8-6-7-11-21(16)24-23(30)22(17(2)25-26-18-9-4-3-5-10-18)28-27-19-12-14-20(15-13-19)29(31)32/h3-15,26-27H,1-2H3,(H,24,30). The first-order valence-corrected chi connectivity index (χ1v) is 9.75. The van der Waals surface area contributed by atoms with E-state index < -0.39 is 10.8 Å². The summed E-state index contributed by atoms with van der Waals surface area (Å²) in [5.74, 6) is -0.454. The number of nitrogens with one attached hydrogen (secondary N) is 3. The number of aryl methyl sites for hydroxylation is 1. The van der Waals surface area contributed by atoms with Crippen LogP contribution in [0.1, 0.15) is 12.5 Å². The highest BCUT2D eigenvalue weighted by molar-refractivity contribution is 6.68. The van der Waals surface area contributed by atoms with Crippen LogP contribution in [0.3, 0.4) is 0 Å². The van der Waals surface area contributed by atoms with Gasteiger partial charge in [-0.2, -0.15) is 10.2 Å². The van der Waals surface area contributed by atoms with Gasteiger partial charge in [-0.25, -0.2) is 0 Å². The van der Waals surface area contributed by atoms with Crippen LogP contribution >= 0.6 is 0 Å².